The van der Waals surface area contributed by atoms with Crippen molar-refractivity contribution in [3.63, 3.8) is 0 Å². The molecule has 1 unspecified atom stereocenters. The summed E-state index contributed by atoms with van der Waals surface area (Å²) >= 11 is 5.72. The summed E-state index contributed by atoms with van der Waals surface area (Å²) in [7, 11) is 0. The van der Waals surface area contributed by atoms with Gasteiger partial charge < -0.3 is 4.74 Å². The molecule has 84 valence electrons. The molecule has 15 heavy (non-hydrogen) atoms. The molecule has 3 heteroatoms. The Morgan fingerprint density at radius 1 is 1.47 bits per heavy atom. The standard InChI is InChI=1S/C12H16ClFO/c1-3-4-9(2)15-12-6-5-11(14)7-10(12)8-13/h5-7,9H,3-4,8H2,1-2H3. The van der Waals surface area contributed by atoms with Gasteiger partial charge in [-0.15, -0.1) is 11.6 Å². The van der Waals surface area contributed by atoms with Crippen LogP contribution in [0.1, 0.15) is 32.3 Å². The topological polar surface area (TPSA) is 9.23 Å². The lowest BCUT2D eigenvalue weighted by Gasteiger charge is -2.16. The fraction of sp³-hybridized carbons (Fsp3) is 0.500. The summed E-state index contributed by atoms with van der Waals surface area (Å²) in [6.07, 6.45) is 2.19. The van der Waals surface area contributed by atoms with Crippen molar-refractivity contribution in [3.8, 4) is 5.75 Å². The van der Waals surface area contributed by atoms with Gasteiger partial charge in [0, 0.05) is 5.56 Å². The maximum atomic E-state index is 12.9. The number of ether oxygens (including phenoxy) is 1. The number of benzene rings is 1. The van der Waals surface area contributed by atoms with Gasteiger partial charge in [-0.2, -0.15) is 0 Å². The van der Waals surface area contributed by atoms with Gasteiger partial charge in [-0.3, -0.25) is 0 Å². The number of rotatable bonds is 5. The van der Waals surface area contributed by atoms with Gasteiger partial charge in [0.05, 0.1) is 12.0 Å². The summed E-state index contributed by atoms with van der Waals surface area (Å²) in [6, 6.07) is 4.45. The maximum absolute atomic E-state index is 12.9. The fourth-order valence-electron chi connectivity index (χ4n) is 1.45. The van der Waals surface area contributed by atoms with Crippen LogP contribution in [0.4, 0.5) is 4.39 Å². The van der Waals surface area contributed by atoms with E-state index in [0.717, 1.165) is 12.8 Å². The van der Waals surface area contributed by atoms with E-state index in [4.69, 9.17) is 16.3 Å². The molecule has 0 bridgehead atoms. The highest BCUT2D eigenvalue weighted by Crippen LogP contribution is 2.23. The molecule has 0 saturated heterocycles. The largest absolute Gasteiger partial charge is 0.490 e. The molecule has 0 aliphatic heterocycles. The normalized spacial score (nSPS) is 12.5. The third-order valence-corrected chi connectivity index (χ3v) is 2.48. The van der Waals surface area contributed by atoms with E-state index in [1.54, 1.807) is 6.07 Å². The van der Waals surface area contributed by atoms with Crippen molar-refractivity contribution in [1.82, 2.24) is 0 Å². The van der Waals surface area contributed by atoms with Crippen LogP contribution < -0.4 is 4.74 Å². The average molecular weight is 231 g/mol. The molecule has 1 aromatic carbocycles. The predicted molar refractivity (Wildman–Crippen MR) is 61.0 cm³/mol. The summed E-state index contributed by atoms with van der Waals surface area (Å²) < 4.78 is 18.6. The van der Waals surface area contributed by atoms with E-state index >= 15 is 0 Å². The van der Waals surface area contributed by atoms with Crippen molar-refractivity contribution < 1.29 is 9.13 Å². The highest BCUT2D eigenvalue weighted by atomic mass is 35.5. The Balaban J connectivity index is 2.75. The minimum absolute atomic E-state index is 0.141. The molecule has 0 N–H and O–H groups in total. The Bertz CT molecular complexity index is 314. The second-order valence-corrected chi connectivity index (χ2v) is 3.87. The zero-order chi connectivity index (χ0) is 11.3. The number of hydrogen-bond acceptors (Lipinski definition) is 1. The van der Waals surface area contributed by atoms with Crippen molar-refractivity contribution in [2.24, 2.45) is 0 Å². The zero-order valence-electron chi connectivity index (χ0n) is 9.09. The van der Waals surface area contributed by atoms with Crippen LogP contribution in [0.3, 0.4) is 0 Å². The molecule has 0 aromatic heterocycles. The lowest BCUT2D eigenvalue weighted by Crippen LogP contribution is -2.12. The molecule has 0 aliphatic rings. The third kappa shape index (κ3) is 3.71. The molecule has 0 saturated carbocycles. The van der Waals surface area contributed by atoms with Crippen LogP contribution in [-0.2, 0) is 5.88 Å². The number of hydrogen-bond donors (Lipinski definition) is 0. The van der Waals surface area contributed by atoms with E-state index < -0.39 is 0 Å². The quantitative estimate of drug-likeness (QED) is 0.691. The van der Waals surface area contributed by atoms with Crippen molar-refractivity contribution in [2.45, 2.75) is 38.7 Å². The summed E-state index contributed by atoms with van der Waals surface area (Å²) in [5, 5.41) is 0. The van der Waals surface area contributed by atoms with Gasteiger partial charge in [-0.1, -0.05) is 13.3 Å². The van der Waals surface area contributed by atoms with E-state index in [1.807, 2.05) is 6.92 Å². The molecule has 0 aliphatic carbocycles. The minimum atomic E-state index is -0.277. The highest BCUT2D eigenvalue weighted by molar-refractivity contribution is 6.17. The second kappa shape index (κ2) is 5.96. The van der Waals surface area contributed by atoms with Crippen LogP contribution in [0.5, 0.6) is 5.75 Å². The van der Waals surface area contributed by atoms with E-state index in [2.05, 4.69) is 6.92 Å². The Labute approximate surface area is 95.2 Å². The van der Waals surface area contributed by atoms with E-state index in [0.29, 0.717) is 11.3 Å². The van der Waals surface area contributed by atoms with Crippen molar-refractivity contribution in [1.29, 1.82) is 0 Å². The van der Waals surface area contributed by atoms with Crippen LogP contribution in [0.2, 0.25) is 0 Å². The molecule has 0 heterocycles. The van der Waals surface area contributed by atoms with Crippen molar-refractivity contribution >= 4 is 11.6 Å². The summed E-state index contributed by atoms with van der Waals surface area (Å²) in [5.41, 5.74) is 0.708. The average Bonchev–Trinajstić information content (AvgIpc) is 2.21. The smallest absolute Gasteiger partial charge is 0.124 e. The van der Waals surface area contributed by atoms with Crippen molar-refractivity contribution in [3.05, 3.63) is 29.6 Å². The Hall–Kier alpha value is -0.760. The van der Waals surface area contributed by atoms with Gasteiger partial charge >= 0.3 is 0 Å². The van der Waals surface area contributed by atoms with Crippen LogP contribution in [0.25, 0.3) is 0 Å². The van der Waals surface area contributed by atoms with Gasteiger partial charge in [0.2, 0.25) is 0 Å². The van der Waals surface area contributed by atoms with Crippen LogP contribution in [0.15, 0.2) is 18.2 Å². The van der Waals surface area contributed by atoms with Gasteiger partial charge in [0.25, 0.3) is 0 Å². The first kappa shape index (κ1) is 12.3. The first-order valence-corrected chi connectivity index (χ1v) is 5.71. The Morgan fingerprint density at radius 3 is 2.80 bits per heavy atom. The summed E-state index contributed by atoms with van der Waals surface area (Å²) in [6.45, 7) is 4.11. The monoisotopic (exact) mass is 230 g/mol. The minimum Gasteiger partial charge on any atom is -0.490 e. The molecule has 0 amide bonds. The highest BCUT2D eigenvalue weighted by Gasteiger charge is 2.08. The third-order valence-electron chi connectivity index (χ3n) is 2.19. The molecule has 1 aromatic rings. The molecule has 1 rings (SSSR count). The van der Waals surface area contributed by atoms with Crippen LogP contribution in [0, 0.1) is 5.82 Å². The summed E-state index contributed by atoms with van der Waals surface area (Å²) in [4.78, 5) is 0. The molecule has 1 atom stereocenters. The van der Waals surface area contributed by atoms with Gasteiger partial charge in [-0.25, -0.2) is 4.39 Å². The molecule has 0 spiro atoms. The Morgan fingerprint density at radius 2 is 2.20 bits per heavy atom. The van der Waals surface area contributed by atoms with E-state index in [1.165, 1.54) is 12.1 Å². The number of alkyl halides is 1. The zero-order valence-corrected chi connectivity index (χ0v) is 9.85. The molecular formula is C12H16ClFO. The number of halogens is 2. The molecular weight excluding hydrogens is 215 g/mol. The molecule has 0 radical (unpaired) electrons. The van der Waals surface area contributed by atoms with Crippen molar-refractivity contribution in [2.75, 3.05) is 0 Å². The molecule has 1 nitrogen and oxygen atoms in total. The van der Waals surface area contributed by atoms with Gasteiger partial charge in [0.15, 0.2) is 0 Å². The summed E-state index contributed by atoms with van der Waals surface area (Å²) in [5.74, 6) is 0.680. The fourth-order valence-corrected chi connectivity index (χ4v) is 1.66. The maximum Gasteiger partial charge on any atom is 0.124 e. The molecule has 0 fully saturated rings. The Kier molecular flexibility index (Phi) is 4.89. The lowest BCUT2D eigenvalue weighted by atomic mass is 10.2. The van der Waals surface area contributed by atoms with E-state index in [9.17, 15) is 4.39 Å². The lowest BCUT2D eigenvalue weighted by molar-refractivity contribution is 0.208. The van der Waals surface area contributed by atoms with Crippen LogP contribution >= 0.6 is 11.6 Å². The second-order valence-electron chi connectivity index (χ2n) is 3.60. The van der Waals surface area contributed by atoms with Gasteiger partial charge in [0.1, 0.15) is 11.6 Å². The SMILES string of the molecule is CCCC(C)Oc1ccc(F)cc1CCl. The predicted octanol–water partition coefficient (Wildman–Crippen LogP) is 4.13. The van der Waals surface area contributed by atoms with E-state index in [-0.39, 0.29) is 17.8 Å². The first-order chi connectivity index (χ1) is 7.17. The first-order valence-electron chi connectivity index (χ1n) is 5.18. The van der Waals surface area contributed by atoms with Gasteiger partial charge in [-0.05, 0) is 31.5 Å². The van der Waals surface area contributed by atoms with Crippen LogP contribution in [-0.4, -0.2) is 6.10 Å².